The second-order valence-corrected chi connectivity index (χ2v) is 4.62. The molecule has 2 nitrogen and oxygen atoms in total. The van der Waals surface area contributed by atoms with Crippen LogP contribution < -0.4 is 0 Å². The summed E-state index contributed by atoms with van der Waals surface area (Å²) in [4.78, 5) is 1.47. The minimum atomic E-state index is -2.13. The fourth-order valence-corrected chi connectivity index (χ4v) is 2.26. The minimum Gasteiger partial charge on any atom is -0.768 e. The van der Waals surface area contributed by atoms with E-state index in [9.17, 15) is 8.76 Å². The van der Waals surface area contributed by atoms with Crippen LogP contribution in [0.25, 0.3) is 10.4 Å². The summed E-state index contributed by atoms with van der Waals surface area (Å²) in [5.74, 6) is 0. The molecule has 0 aliphatic heterocycles. The summed E-state index contributed by atoms with van der Waals surface area (Å²) in [6.45, 7) is 0. The third-order valence-corrected chi connectivity index (χ3v) is 3.43. The Kier molecular flexibility index (Phi) is 2.77. The van der Waals surface area contributed by atoms with Crippen molar-refractivity contribution in [3.05, 3.63) is 41.8 Å². The van der Waals surface area contributed by atoms with Crippen molar-refractivity contribution in [1.82, 2.24) is 0 Å². The second kappa shape index (κ2) is 4.04. The summed E-state index contributed by atoms with van der Waals surface area (Å²) < 4.78 is 21.2. The summed E-state index contributed by atoms with van der Waals surface area (Å²) in [6.07, 6.45) is 0. The second-order valence-electron chi connectivity index (χ2n) is 2.74. The fourth-order valence-electron chi connectivity index (χ4n) is 1.17. The maximum Gasteiger partial charge on any atom is 0.0342 e. The highest BCUT2D eigenvalue weighted by atomic mass is 32.2. The van der Waals surface area contributed by atoms with Crippen LogP contribution in [-0.2, 0) is 11.1 Å². The molecule has 0 aliphatic rings. The Morgan fingerprint density at radius 1 is 1.14 bits per heavy atom. The normalized spacial score (nSPS) is 12.6. The monoisotopic (exact) mass is 223 g/mol. The third-order valence-electron chi connectivity index (χ3n) is 1.85. The Labute approximate surface area is 88.5 Å². The summed E-state index contributed by atoms with van der Waals surface area (Å²) in [5, 5.41) is 2.00. The highest BCUT2D eigenvalue weighted by molar-refractivity contribution is 7.79. The van der Waals surface area contributed by atoms with Crippen molar-refractivity contribution in [3.63, 3.8) is 0 Å². The molecular weight excluding hydrogens is 216 g/mol. The van der Waals surface area contributed by atoms with Crippen LogP contribution in [-0.4, -0.2) is 8.76 Å². The Balaban J connectivity index is 2.36. The lowest BCUT2D eigenvalue weighted by Gasteiger charge is -2.05. The van der Waals surface area contributed by atoms with E-state index in [1.807, 2.05) is 29.6 Å². The molecule has 4 heteroatoms. The molecule has 0 spiro atoms. The molecule has 72 valence electrons. The molecule has 0 fully saturated rings. The molecule has 1 atom stereocenters. The molecule has 0 saturated heterocycles. The molecule has 2 aromatic rings. The Morgan fingerprint density at radius 3 is 2.36 bits per heavy atom. The highest BCUT2D eigenvalue weighted by Crippen LogP contribution is 2.24. The van der Waals surface area contributed by atoms with E-state index in [0.717, 1.165) is 10.4 Å². The minimum absolute atomic E-state index is 0.324. The lowest BCUT2D eigenvalue weighted by atomic mass is 10.2. The fraction of sp³-hybridized carbons (Fsp3) is 0. The highest BCUT2D eigenvalue weighted by Gasteiger charge is 1.98. The van der Waals surface area contributed by atoms with Crippen molar-refractivity contribution in [3.8, 4) is 10.4 Å². The van der Waals surface area contributed by atoms with E-state index in [1.54, 1.807) is 23.5 Å². The first kappa shape index (κ1) is 9.58. The number of thiophene rings is 1. The molecule has 0 bridgehead atoms. The Morgan fingerprint density at radius 2 is 1.86 bits per heavy atom. The van der Waals surface area contributed by atoms with Crippen molar-refractivity contribution < 1.29 is 8.76 Å². The molecule has 0 aliphatic carbocycles. The van der Waals surface area contributed by atoms with E-state index < -0.39 is 11.1 Å². The lowest BCUT2D eigenvalue weighted by Crippen LogP contribution is -1.87. The van der Waals surface area contributed by atoms with Gasteiger partial charge in [-0.05, 0) is 40.2 Å². The van der Waals surface area contributed by atoms with Gasteiger partial charge in [-0.3, -0.25) is 4.21 Å². The van der Waals surface area contributed by atoms with Gasteiger partial charge in [-0.25, -0.2) is 0 Å². The van der Waals surface area contributed by atoms with Crippen molar-refractivity contribution in [2.75, 3.05) is 0 Å². The number of rotatable bonds is 2. The SMILES string of the molecule is O=S([O-])c1ccc(-c2cccs2)cc1. The summed E-state index contributed by atoms with van der Waals surface area (Å²) in [6, 6.07) is 10.8. The molecule has 0 radical (unpaired) electrons. The van der Waals surface area contributed by atoms with Crippen molar-refractivity contribution in [1.29, 1.82) is 0 Å². The molecule has 14 heavy (non-hydrogen) atoms. The van der Waals surface area contributed by atoms with E-state index in [4.69, 9.17) is 0 Å². The van der Waals surface area contributed by atoms with Gasteiger partial charge >= 0.3 is 0 Å². The first-order valence-corrected chi connectivity index (χ1v) is 5.96. The van der Waals surface area contributed by atoms with Crippen LogP contribution in [0.15, 0.2) is 46.7 Å². The van der Waals surface area contributed by atoms with Gasteiger partial charge in [0.2, 0.25) is 0 Å². The lowest BCUT2D eigenvalue weighted by molar-refractivity contribution is 0.537. The average molecular weight is 223 g/mol. The summed E-state index contributed by atoms with van der Waals surface area (Å²) >= 11 is -0.494. The molecule has 1 heterocycles. The van der Waals surface area contributed by atoms with Gasteiger partial charge in [0.05, 0.1) is 0 Å². The van der Waals surface area contributed by atoms with Gasteiger partial charge in [-0.2, -0.15) is 0 Å². The van der Waals surface area contributed by atoms with Crippen LogP contribution in [0.4, 0.5) is 0 Å². The molecule has 0 saturated carbocycles. The van der Waals surface area contributed by atoms with E-state index in [0.29, 0.717) is 4.90 Å². The zero-order chi connectivity index (χ0) is 9.97. The maximum absolute atomic E-state index is 10.6. The van der Waals surface area contributed by atoms with E-state index in [1.165, 1.54) is 0 Å². The average Bonchev–Trinajstić information content (AvgIpc) is 2.71. The molecule has 2 rings (SSSR count). The summed E-state index contributed by atoms with van der Waals surface area (Å²) in [5.41, 5.74) is 1.05. The van der Waals surface area contributed by atoms with Gasteiger partial charge in [0.15, 0.2) is 0 Å². The number of hydrogen-bond donors (Lipinski definition) is 0. The molecule has 1 aromatic heterocycles. The predicted molar refractivity (Wildman–Crippen MR) is 56.9 cm³/mol. The molecule has 0 N–H and O–H groups in total. The Hall–Kier alpha value is -0.970. The van der Waals surface area contributed by atoms with Crippen LogP contribution >= 0.6 is 11.3 Å². The first-order valence-electron chi connectivity index (χ1n) is 4.00. The standard InChI is InChI=1S/C10H8O2S2/c11-14(12)9-5-3-8(4-6-9)10-2-1-7-13-10/h1-7H,(H,11,12)/p-1. The number of hydrogen-bond acceptors (Lipinski definition) is 3. The number of benzene rings is 1. The quantitative estimate of drug-likeness (QED) is 0.734. The van der Waals surface area contributed by atoms with Gasteiger partial charge < -0.3 is 4.55 Å². The van der Waals surface area contributed by atoms with Crippen LogP contribution in [0.3, 0.4) is 0 Å². The third kappa shape index (κ3) is 1.92. The van der Waals surface area contributed by atoms with Gasteiger partial charge in [0.1, 0.15) is 0 Å². The van der Waals surface area contributed by atoms with E-state index in [-0.39, 0.29) is 0 Å². The van der Waals surface area contributed by atoms with Crippen molar-refractivity contribution in [2.45, 2.75) is 4.90 Å². The first-order chi connectivity index (χ1) is 6.77. The van der Waals surface area contributed by atoms with E-state index in [2.05, 4.69) is 0 Å². The summed E-state index contributed by atoms with van der Waals surface area (Å²) in [7, 11) is 0. The van der Waals surface area contributed by atoms with Crippen LogP contribution in [0, 0.1) is 0 Å². The van der Waals surface area contributed by atoms with Crippen molar-refractivity contribution in [2.24, 2.45) is 0 Å². The molecule has 1 aromatic carbocycles. The zero-order valence-corrected chi connectivity index (χ0v) is 8.81. The zero-order valence-electron chi connectivity index (χ0n) is 7.17. The molecule has 0 amide bonds. The maximum atomic E-state index is 10.6. The predicted octanol–water partition coefficient (Wildman–Crippen LogP) is 2.65. The van der Waals surface area contributed by atoms with Gasteiger partial charge in [-0.15, -0.1) is 11.3 Å². The van der Waals surface area contributed by atoms with Crippen LogP contribution in [0.2, 0.25) is 0 Å². The molecule has 1 unspecified atom stereocenters. The van der Waals surface area contributed by atoms with Gasteiger partial charge in [0, 0.05) is 9.77 Å². The van der Waals surface area contributed by atoms with Crippen LogP contribution in [0.1, 0.15) is 0 Å². The molecular formula is C10H7O2S2-. The topological polar surface area (TPSA) is 40.1 Å². The van der Waals surface area contributed by atoms with Gasteiger partial charge in [-0.1, -0.05) is 18.2 Å². The van der Waals surface area contributed by atoms with Crippen molar-refractivity contribution >= 4 is 22.4 Å². The van der Waals surface area contributed by atoms with E-state index >= 15 is 0 Å². The van der Waals surface area contributed by atoms with Crippen LogP contribution in [0.5, 0.6) is 0 Å². The largest absolute Gasteiger partial charge is 0.768 e. The smallest absolute Gasteiger partial charge is 0.0342 e. The van der Waals surface area contributed by atoms with Gasteiger partial charge in [0.25, 0.3) is 0 Å². The Bertz CT molecular complexity index is 432.